The third kappa shape index (κ3) is 3.46. The maximum atomic E-state index is 11.9. The molecule has 7 heteroatoms. The van der Waals surface area contributed by atoms with E-state index in [1.165, 1.54) is 18.2 Å². The van der Waals surface area contributed by atoms with Crippen LogP contribution in [0, 0.1) is 11.8 Å². The van der Waals surface area contributed by atoms with Gasteiger partial charge in [0.2, 0.25) is 10.0 Å². The molecular formula is C12H15ClN2O3S. The molecule has 3 N–H and O–H groups in total. The van der Waals surface area contributed by atoms with Crippen LogP contribution in [0.2, 0.25) is 5.02 Å². The molecule has 1 fully saturated rings. The van der Waals surface area contributed by atoms with E-state index in [-0.39, 0.29) is 21.4 Å². The standard InChI is InChI=1S/C12H15ClN2O3S/c1-7-4-9(7)6-15-12(16)8-2-3-10(13)11(5-8)19(14,17)18/h2-3,5,7,9H,4,6H2,1H3,(H,15,16)(H2,14,17,18). The lowest BCUT2D eigenvalue weighted by Crippen LogP contribution is -2.26. The van der Waals surface area contributed by atoms with E-state index in [4.69, 9.17) is 16.7 Å². The second-order valence-electron chi connectivity index (χ2n) is 4.87. The van der Waals surface area contributed by atoms with Gasteiger partial charge in [0.05, 0.1) is 5.02 Å². The zero-order valence-corrected chi connectivity index (χ0v) is 12.0. The van der Waals surface area contributed by atoms with Gasteiger partial charge < -0.3 is 5.32 Å². The summed E-state index contributed by atoms with van der Waals surface area (Å²) < 4.78 is 22.6. The number of carbonyl (C=O) groups is 1. The zero-order chi connectivity index (χ0) is 14.2. The molecule has 1 saturated carbocycles. The Labute approximate surface area is 117 Å². The first-order chi connectivity index (χ1) is 8.79. The second-order valence-corrected chi connectivity index (χ2v) is 6.81. The second kappa shape index (κ2) is 5.11. The molecule has 0 radical (unpaired) electrons. The summed E-state index contributed by atoms with van der Waals surface area (Å²) in [6.45, 7) is 2.73. The van der Waals surface area contributed by atoms with Gasteiger partial charge in [-0.1, -0.05) is 18.5 Å². The van der Waals surface area contributed by atoms with Crippen molar-refractivity contribution in [2.45, 2.75) is 18.2 Å². The highest BCUT2D eigenvalue weighted by Gasteiger charge is 2.32. The van der Waals surface area contributed by atoms with Gasteiger partial charge in [-0.25, -0.2) is 13.6 Å². The molecule has 5 nitrogen and oxygen atoms in total. The summed E-state index contributed by atoms with van der Waals surface area (Å²) in [6.07, 6.45) is 1.11. The number of hydrogen-bond acceptors (Lipinski definition) is 3. The van der Waals surface area contributed by atoms with Crippen molar-refractivity contribution in [3.8, 4) is 0 Å². The lowest BCUT2D eigenvalue weighted by Gasteiger charge is -2.07. The smallest absolute Gasteiger partial charge is 0.251 e. The predicted octanol–water partition coefficient (Wildman–Crippen LogP) is 1.37. The number of amides is 1. The van der Waals surface area contributed by atoms with Crippen molar-refractivity contribution in [3.05, 3.63) is 28.8 Å². The zero-order valence-electron chi connectivity index (χ0n) is 10.4. The molecule has 2 unspecified atom stereocenters. The van der Waals surface area contributed by atoms with Gasteiger partial charge in [-0.05, 0) is 36.5 Å². The monoisotopic (exact) mass is 302 g/mol. The third-order valence-corrected chi connectivity index (χ3v) is 4.69. The first-order valence-corrected chi connectivity index (χ1v) is 7.82. The van der Waals surface area contributed by atoms with E-state index >= 15 is 0 Å². The summed E-state index contributed by atoms with van der Waals surface area (Å²) in [5.41, 5.74) is 0.238. The van der Waals surface area contributed by atoms with Gasteiger partial charge in [0.1, 0.15) is 4.90 Å². The Hall–Kier alpha value is -1.11. The molecule has 0 spiro atoms. The van der Waals surface area contributed by atoms with Gasteiger partial charge in [-0.2, -0.15) is 0 Å². The number of nitrogens with one attached hydrogen (secondary N) is 1. The highest BCUT2D eigenvalue weighted by Crippen LogP contribution is 2.36. The molecular weight excluding hydrogens is 288 g/mol. The molecule has 104 valence electrons. The van der Waals surface area contributed by atoms with E-state index in [1.807, 2.05) is 0 Å². The Balaban J connectivity index is 2.14. The SMILES string of the molecule is CC1CC1CNC(=O)c1ccc(Cl)c(S(N)(=O)=O)c1. The van der Waals surface area contributed by atoms with E-state index in [2.05, 4.69) is 12.2 Å². The highest BCUT2D eigenvalue weighted by atomic mass is 35.5. The third-order valence-electron chi connectivity index (χ3n) is 3.30. The quantitative estimate of drug-likeness (QED) is 0.880. The fourth-order valence-corrected chi connectivity index (χ4v) is 2.94. The van der Waals surface area contributed by atoms with Crippen molar-refractivity contribution >= 4 is 27.5 Å². The molecule has 0 aromatic heterocycles. The Morgan fingerprint density at radius 1 is 1.53 bits per heavy atom. The van der Waals surface area contributed by atoms with E-state index < -0.39 is 10.0 Å². The number of primary sulfonamides is 1. The first kappa shape index (κ1) is 14.3. The molecule has 0 saturated heterocycles. The van der Waals surface area contributed by atoms with Gasteiger partial charge in [-0.3, -0.25) is 4.79 Å². The average Bonchev–Trinajstić information content (AvgIpc) is 3.01. The lowest BCUT2D eigenvalue weighted by atomic mass is 10.2. The summed E-state index contributed by atoms with van der Waals surface area (Å²) in [7, 11) is -3.93. The molecule has 2 atom stereocenters. The van der Waals surface area contributed by atoms with Gasteiger partial charge >= 0.3 is 0 Å². The Morgan fingerprint density at radius 2 is 2.16 bits per heavy atom. The maximum absolute atomic E-state index is 11.9. The minimum Gasteiger partial charge on any atom is -0.352 e. The fraction of sp³-hybridized carbons (Fsp3) is 0.417. The van der Waals surface area contributed by atoms with Gasteiger partial charge in [0.25, 0.3) is 5.91 Å². The largest absolute Gasteiger partial charge is 0.352 e. The van der Waals surface area contributed by atoms with Crippen molar-refractivity contribution < 1.29 is 13.2 Å². The topological polar surface area (TPSA) is 89.3 Å². The van der Waals surface area contributed by atoms with Crippen molar-refractivity contribution in [3.63, 3.8) is 0 Å². The molecule has 2 rings (SSSR count). The number of carbonyl (C=O) groups excluding carboxylic acids is 1. The maximum Gasteiger partial charge on any atom is 0.251 e. The van der Waals surface area contributed by atoms with Crippen LogP contribution >= 0.6 is 11.6 Å². The van der Waals surface area contributed by atoms with E-state index in [0.29, 0.717) is 18.4 Å². The molecule has 1 aliphatic carbocycles. The molecule has 19 heavy (non-hydrogen) atoms. The van der Waals surface area contributed by atoms with Crippen LogP contribution in [0.1, 0.15) is 23.7 Å². The molecule has 0 aliphatic heterocycles. The van der Waals surface area contributed by atoms with Crippen molar-refractivity contribution in [1.82, 2.24) is 5.32 Å². The first-order valence-electron chi connectivity index (χ1n) is 5.89. The van der Waals surface area contributed by atoms with Crippen molar-refractivity contribution in [1.29, 1.82) is 0 Å². The van der Waals surface area contributed by atoms with Gasteiger partial charge in [-0.15, -0.1) is 0 Å². The van der Waals surface area contributed by atoms with Crippen molar-refractivity contribution in [2.75, 3.05) is 6.54 Å². The van der Waals surface area contributed by atoms with Crippen LogP contribution in [0.5, 0.6) is 0 Å². The number of benzene rings is 1. The molecule has 0 heterocycles. The highest BCUT2D eigenvalue weighted by molar-refractivity contribution is 7.89. The minimum absolute atomic E-state index is 0.00913. The molecule has 0 bridgehead atoms. The Bertz CT molecular complexity index is 615. The van der Waals surface area contributed by atoms with Crippen LogP contribution in [0.3, 0.4) is 0 Å². The minimum atomic E-state index is -3.93. The number of hydrogen-bond donors (Lipinski definition) is 2. The molecule has 1 amide bonds. The van der Waals surface area contributed by atoms with E-state index in [1.54, 1.807) is 0 Å². The van der Waals surface area contributed by atoms with Crippen LogP contribution in [-0.2, 0) is 10.0 Å². The summed E-state index contributed by atoms with van der Waals surface area (Å²) in [4.78, 5) is 11.6. The lowest BCUT2D eigenvalue weighted by molar-refractivity contribution is 0.0951. The molecule has 1 aromatic carbocycles. The normalized spacial score (nSPS) is 22.1. The molecule has 1 aromatic rings. The number of halogens is 1. The number of nitrogens with two attached hydrogens (primary N) is 1. The number of sulfonamides is 1. The predicted molar refractivity (Wildman–Crippen MR) is 72.4 cm³/mol. The Kier molecular flexibility index (Phi) is 3.85. The summed E-state index contributed by atoms with van der Waals surface area (Å²) in [5.74, 6) is 0.847. The van der Waals surface area contributed by atoms with E-state index in [9.17, 15) is 13.2 Å². The average molecular weight is 303 g/mol. The van der Waals surface area contributed by atoms with Gasteiger partial charge in [0.15, 0.2) is 0 Å². The van der Waals surface area contributed by atoms with Crippen LogP contribution in [0.4, 0.5) is 0 Å². The Morgan fingerprint density at radius 3 is 2.68 bits per heavy atom. The van der Waals surface area contributed by atoms with Crippen LogP contribution in [-0.4, -0.2) is 20.9 Å². The summed E-state index contributed by atoms with van der Waals surface area (Å²) in [6, 6.07) is 4.03. The number of rotatable bonds is 4. The molecule has 1 aliphatic rings. The fourth-order valence-electron chi connectivity index (χ4n) is 1.87. The van der Waals surface area contributed by atoms with Crippen molar-refractivity contribution in [2.24, 2.45) is 17.0 Å². The summed E-state index contributed by atoms with van der Waals surface area (Å²) >= 11 is 5.75. The van der Waals surface area contributed by atoms with Crippen LogP contribution < -0.4 is 10.5 Å². The summed E-state index contributed by atoms with van der Waals surface area (Å²) in [5, 5.41) is 7.81. The van der Waals surface area contributed by atoms with Crippen LogP contribution in [0.25, 0.3) is 0 Å². The van der Waals surface area contributed by atoms with Crippen LogP contribution in [0.15, 0.2) is 23.1 Å². The van der Waals surface area contributed by atoms with Gasteiger partial charge in [0, 0.05) is 12.1 Å². The van der Waals surface area contributed by atoms with E-state index in [0.717, 1.165) is 6.42 Å².